The number of likely N-dealkylation sites (tertiary alicyclic amines) is 2. The molecule has 0 bridgehead atoms. The average molecular weight is 1400 g/mol. The number of anilines is 3. The molecule has 0 saturated carbocycles. The topological polar surface area (TPSA) is 295 Å². The van der Waals surface area contributed by atoms with E-state index in [9.17, 15) is 0 Å². The lowest BCUT2D eigenvalue weighted by molar-refractivity contribution is 0.0450. The molecular formula is C75H92N12O15. The predicted octanol–water partition coefficient (Wildman–Crippen LogP) is 11.8. The van der Waals surface area contributed by atoms with Gasteiger partial charge in [0.1, 0.15) is 92.2 Å². The third-order valence-electron chi connectivity index (χ3n) is 16.7. The molecule has 6 heterocycles. The maximum atomic E-state index is 8.17. The molecule has 0 radical (unpaired) electrons. The summed E-state index contributed by atoms with van der Waals surface area (Å²) in [5, 5.41) is 34.3. The Morgan fingerprint density at radius 2 is 0.755 bits per heavy atom. The first-order valence-electron chi connectivity index (χ1n) is 33.5. The summed E-state index contributed by atoms with van der Waals surface area (Å²) in [5.41, 5.74) is 2.21. The molecule has 6 N–H and O–H groups in total. The van der Waals surface area contributed by atoms with Crippen LogP contribution in [0.3, 0.4) is 0 Å². The highest BCUT2D eigenvalue weighted by molar-refractivity contribution is 5.57. The molecule has 102 heavy (non-hydrogen) atoms. The van der Waals surface area contributed by atoms with Crippen molar-refractivity contribution in [2.45, 2.75) is 62.8 Å². The average Bonchev–Trinajstić information content (AvgIpc) is 1.05. The molecule has 3 aliphatic rings. The van der Waals surface area contributed by atoms with Crippen molar-refractivity contribution in [1.29, 1.82) is 0 Å². The van der Waals surface area contributed by atoms with Crippen LogP contribution in [0.5, 0.6) is 105 Å². The monoisotopic (exact) mass is 1400 g/mol. The summed E-state index contributed by atoms with van der Waals surface area (Å²) in [6.45, 7) is 4.97. The first kappa shape index (κ1) is 75.5. The van der Waals surface area contributed by atoms with Gasteiger partial charge in [0, 0.05) is 44.8 Å². The van der Waals surface area contributed by atoms with E-state index in [0.717, 1.165) is 92.3 Å². The summed E-state index contributed by atoms with van der Waals surface area (Å²) in [7, 11) is 16.1. The normalized spacial score (nSPS) is 15.4. The zero-order valence-corrected chi connectivity index (χ0v) is 59.1. The number of ether oxygens (including phenoxy) is 12. The van der Waals surface area contributed by atoms with Crippen LogP contribution in [0.2, 0.25) is 0 Å². The molecule has 12 rings (SSSR count). The summed E-state index contributed by atoms with van der Waals surface area (Å²) >= 11 is 0. The number of rotatable bonds is 29. The maximum absolute atomic E-state index is 8.17. The maximum Gasteiger partial charge on any atom is 0.325 e. The van der Waals surface area contributed by atoms with E-state index in [1.54, 1.807) is 85.5 Å². The highest BCUT2D eigenvalue weighted by atomic mass is 16.5. The number of hydrogen-bond donors (Lipinski definition) is 6. The molecule has 0 aliphatic carbocycles. The molecule has 0 amide bonds. The number of nitrogens with one attached hydrogen (secondary N) is 3. The smallest absolute Gasteiger partial charge is 0.325 e. The van der Waals surface area contributed by atoms with Gasteiger partial charge in [0.05, 0.1) is 74.5 Å². The molecular weight excluding hydrogens is 1310 g/mol. The number of aromatic nitrogens is 6. The molecule has 27 nitrogen and oxygen atoms in total. The molecule has 3 fully saturated rings. The van der Waals surface area contributed by atoms with Crippen molar-refractivity contribution < 1.29 is 72.2 Å². The van der Waals surface area contributed by atoms with Crippen LogP contribution < -0.4 is 77.7 Å². The number of methoxy groups -OCH3 is 6. The van der Waals surface area contributed by atoms with Crippen molar-refractivity contribution in [1.82, 2.24) is 45.0 Å². The van der Waals surface area contributed by atoms with Crippen LogP contribution in [0.25, 0.3) is 0 Å². The van der Waals surface area contributed by atoms with E-state index in [1.165, 1.54) is 25.7 Å². The predicted molar refractivity (Wildman–Crippen MR) is 387 cm³/mol. The minimum Gasteiger partial charge on any atom is -0.497 e. The van der Waals surface area contributed by atoms with E-state index >= 15 is 0 Å². The third-order valence-corrected chi connectivity index (χ3v) is 16.7. The first-order valence-corrected chi connectivity index (χ1v) is 33.5. The fraction of sp³-hybridized carbons (Fsp3) is 0.360. The summed E-state index contributed by atoms with van der Waals surface area (Å²) in [6.07, 6.45) is 11.3. The highest BCUT2D eigenvalue weighted by Gasteiger charge is 2.26. The van der Waals surface area contributed by atoms with E-state index in [1.807, 2.05) is 128 Å². The Bertz CT molecular complexity index is 3920. The van der Waals surface area contributed by atoms with Crippen molar-refractivity contribution in [3.63, 3.8) is 0 Å². The molecule has 0 spiro atoms. The zero-order chi connectivity index (χ0) is 72.0. The van der Waals surface area contributed by atoms with E-state index in [2.05, 4.69) is 74.6 Å². The molecule has 6 aromatic carbocycles. The fourth-order valence-electron chi connectivity index (χ4n) is 10.8. The van der Waals surface area contributed by atoms with Gasteiger partial charge < -0.3 is 103 Å². The largest absolute Gasteiger partial charge is 0.497 e. The lowest BCUT2D eigenvalue weighted by Crippen LogP contribution is -2.36. The summed E-state index contributed by atoms with van der Waals surface area (Å²) in [4.78, 5) is 33.6. The quantitative estimate of drug-likeness (QED) is 0.0254. The lowest BCUT2D eigenvalue weighted by Gasteiger charge is -2.27. The van der Waals surface area contributed by atoms with Gasteiger partial charge in [0.25, 0.3) is 0 Å². The Morgan fingerprint density at radius 3 is 1.08 bits per heavy atom. The number of likely N-dealkylation sites (N-methyl/N-ethyl adjacent to an activating group) is 3. The zero-order valence-electron chi connectivity index (χ0n) is 59.1. The van der Waals surface area contributed by atoms with Gasteiger partial charge in [-0.25, -0.2) is 15.0 Å². The van der Waals surface area contributed by atoms with Crippen LogP contribution in [0, 0.1) is 0 Å². The van der Waals surface area contributed by atoms with E-state index in [0.29, 0.717) is 81.6 Å². The Balaban J connectivity index is 0.000000171. The van der Waals surface area contributed by atoms with Crippen LogP contribution in [-0.4, -0.2) is 196 Å². The molecule has 3 saturated heterocycles. The van der Waals surface area contributed by atoms with E-state index in [-0.39, 0.29) is 31.2 Å². The van der Waals surface area contributed by atoms with Gasteiger partial charge in [-0.05, 0) is 218 Å². The van der Waals surface area contributed by atoms with Crippen molar-refractivity contribution in [2.75, 3.05) is 132 Å². The van der Waals surface area contributed by atoms with Gasteiger partial charge in [-0.3, -0.25) is 0 Å². The Kier molecular flexibility index (Phi) is 29.1. The van der Waals surface area contributed by atoms with Gasteiger partial charge in [-0.1, -0.05) is 0 Å². The Hall–Kier alpha value is -10.7. The molecule has 542 valence electrons. The molecule has 3 atom stereocenters. The van der Waals surface area contributed by atoms with Gasteiger partial charge in [-0.15, -0.1) is 0 Å². The molecule has 9 aromatic rings. The minimum absolute atomic E-state index is 0.193. The van der Waals surface area contributed by atoms with Crippen molar-refractivity contribution in [3.8, 4) is 105 Å². The number of benzene rings is 6. The molecule has 3 aromatic heterocycles. The first-order chi connectivity index (χ1) is 49.7. The van der Waals surface area contributed by atoms with Crippen LogP contribution in [-0.2, 0) is 0 Å². The molecule has 0 unspecified atom stereocenters. The third kappa shape index (κ3) is 23.2. The minimum atomic E-state index is -0.954. The second-order valence-corrected chi connectivity index (χ2v) is 23.8. The number of nitrogens with zero attached hydrogens (tertiary/aromatic N) is 9. The summed E-state index contributed by atoms with van der Waals surface area (Å²) in [5.74, 6) is 9.48. The standard InChI is InChI=1S/C25H30N4O4.C24H28N4O4.C23H26N4O4.C3H8O3/c1-28-15-5-6-18(28)17-29(2)23-16-26-25(33-22-13-9-20(31-4)10-14-22)27-24(23)32-21-11-7-19(30-3)8-12-21;1-28-14-4-5-17(28)15-25-22-16-26-24(32-21-12-8-19(30-3)9-13-21)27-23(22)31-20-10-6-18(29-2)7-11-20;1-28-17-5-9-19(10-6-17)30-22-21(25-14-16-4-3-13-24-16)15-26-23(27-22)31-20-11-7-18(29-2)8-12-20;4-1-3(6)2-5/h7-14,16,18H,5-6,15,17H2,1-4H3;6-13,16-17,25H,4-5,14-15H2,1-3H3;5-12,15-16,24-25H,3-4,13-14H2,1-2H3;3-6H,1-2H2/t18-;17-;16-;/m000./s1. The number of aliphatic hydroxyl groups excluding tert-OH is 3. The Labute approximate surface area is 595 Å². The Morgan fingerprint density at radius 1 is 0.431 bits per heavy atom. The van der Waals surface area contributed by atoms with Crippen molar-refractivity contribution >= 4 is 17.1 Å². The lowest BCUT2D eigenvalue weighted by atomic mass is 10.2. The summed E-state index contributed by atoms with van der Waals surface area (Å²) < 4.78 is 67.1. The summed E-state index contributed by atoms with van der Waals surface area (Å²) in [6, 6.07) is 45.7. The highest BCUT2D eigenvalue weighted by Crippen LogP contribution is 2.37. The SMILES string of the molecule is COc1ccc(Oc2ncc(N(C)C[C@@H]3CCCN3C)c(Oc3ccc(OC)cc3)n2)cc1.COc1ccc(Oc2ncc(NC[C@@H]3CCCN3)c(Oc3ccc(OC)cc3)n2)cc1.COc1ccc(Oc2ncc(NC[C@@H]3CCCN3C)c(Oc3ccc(OC)cc3)n2)cc1.OCC(O)CO. The molecule has 3 aliphatic heterocycles. The van der Waals surface area contributed by atoms with Crippen molar-refractivity contribution in [2.24, 2.45) is 0 Å². The number of aliphatic hydroxyl groups is 3. The van der Waals surface area contributed by atoms with Crippen LogP contribution in [0.4, 0.5) is 17.1 Å². The van der Waals surface area contributed by atoms with Gasteiger partial charge in [0.15, 0.2) is 0 Å². The second kappa shape index (κ2) is 39.4. The van der Waals surface area contributed by atoms with Gasteiger partial charge in [-0.2, -0.15) is 15.0 Å². The fourth-order valence-corrected chi connectivity index (χ4v) is 10.8. The van der Waals surface area contributed by atoms with Gasteiger partial charge >= 0.3 is 18.0 Å². The van der Waals surface area contributed by atoms with Crippen LogP contribution in [0.1, 0.15) is 38.5 Å². The van der Waals surface area contributed by atoms with Crippen molar-refractivity contribution in [3.05, 3.63) is 164 Å². The molecule has 27 heteroatoms. The number of hydrogen-bond acceptors (Lipinski definition) is 27. The van der Waals surface area contributed by atoms with E-state index in [4.69, 9.17) is 72.2 Å². The van der Waals surface area contributed by atoms with Crippen LogP contribution >= 0.6 is 0 Å². The second-order valence-electron chi connectivity index (χ2n) is 23.8. The van der Waals surface area contributed by atoms with E-state index < -0.39 is 6.10 Å². The van der Waals surface area contributed by atoms with Gasteiger partial charge in [0.2, 0.25) is 17.6 Å². The van der Waals surface area contributed by atoms with Crippen LogP contribution in [0.15, 0.2) is 164 Å².